The maximum atomic E-state index is 2.49. The first-order chi connectivity index (χ1) is 46.3. The van der Waals surface area contributed by atoms with Gasteiger partial charge in [-0.05, 0) is 5.16 Å². The summed E-state index contributed by atoms with van der Waals surface area (Å²) in [6, 6.07) is 21.0. The molecule has 566 valence electrons. The summed E-state index contributed by atoms with van der Waals surface area (Å²) in [5, 5.41) is 1.21. The van der Waals surface area contributed by atoms with Gasteiger partial charge < -0.3 is 0 Å². The zero-order valence-corrected chi connectivity index (χ0v) is 72.7. The second-order valence-corrected chi connectivity index (χ2v) is 58.6. The van der Waals surface area contributed by atoms with Crippen LogP contribution in [0.4, 0.5) is 0 Å². The normalized spacial score (nSPS) is 12.9. The van der Waals surface area contributed by atoms with Crippen LogP contribution in [0.25, 0.3) is 0 Å². The molecule has 0 heterocycles. The summed E-state index contributed by atoms with van der Waals surface area (Å²) in [6.45, 7) is 27.0. The Kier molecular flexibility index (Phi) is 72.9. The largest absolute Gasteiger partial charge is 0.0654 e. The molecule has 0 nitrogen and oxygen atoms in total. The topological polar surface area (TPSA) is 0 Å². The summed E-state index contributed by atoms with van der Waals surface area (Å²) in [4.78, 5) is 0. The molecule has 0 fully saturated rings. The standard InChI is InChI=1S/C90H190Si4/c1-12-23-34-45-51-61-74-87-94(88-75-62-52-46-35-24-13-2,93(84-71-58-47-36-25-14-3,85-72-59-48-37-26-15-4)86-73-60-49-38-27-16-5)89-76-63-53-50-54-64-77-90(91(78-65-42-31-20-9,79-66-43-32-21-10)80-67-44-33-22-11)92(81-68-55-39-28-17-6,82-69-56-40-29-18-7)83-70-57-41-30-19-8/h90H,12-89H2,1-11H3. The Morgan fingerprint density at radius 2 is 0.245 bits per heavy atom. The highest BCUT2D eigenvalue weighted by Crippen LogP contribution is 2.53. The first kappa shape index (κ1) is 94.9. The summed E-state index contributed by atoms with van der Waals surface area (Å²) >= 11 is 0. The molecule has 0 aromatic carbocycles. The molecule has 0 spiro atoms. The Bertz CT molecular complexity index is 1300. The van der Waals surface area contributed by atoms with Gasteiger partial charge in [-0.15, -0.1) is 0 Å². The summed E-state index contributed by atoms with van der Waals surface area (Å²) in [7, 11) is -6.25. The highest BCUT2D eigenvalue weighted by atomic mass is 29.3. The van der Waals surface area contributed by atoms with Crippen molar-refractivity contribution in [2.75, 3.05) is 0 Å². The van der Waals surface area contributed by atoms with E-state index in [2.05, 4.69) is 76.2 Å². The Morgan fingerprint density at radius 1 is 0.128 bits per heavy atom. The minimum atomic E-state index is -1.60. The van der Waals surface area contributed by atoms with Crippen molar-refractivity contribution in [3.05, 3.63) is 0 Å². The number of unbranched alkanes of at least 4 members (excludes halogenated alkanes) is 53. The lowest BCUT2D eigenvalue weighted by Gasteiger charge is -2.51. The number of hydrogen-bond acceptors (Lipinski definition) is 0. The van der Waals surface area contributed by atoms with Crippen LogP contribution < -0.4 is 0 Å². The molecular weight excluding hydrogens is 1190 g/mol. The van der Waals surface area contributed by atoms with Crippen LogP contribution in [0.1, 0.15) is 500 Å². The molecule has 0 rings (SSSR count). The van der Waals surface area contributed by atoms with E-state index in [0.29, 0.717) is 0 Å². The third kappa shape index (κ3) is 49.5. The Labute approximate surface area is 605 Å². The molecule has 0 aromatic heterocycles. The van der Waals surface area contributed by atoms with Gasteiger partial charge in [0.1, 0.15) is 0 Å². The summed E-state index contributed by atoms with van der Waals surface area (Å²) in [5.41, 5.74) is 0. The van der Waals surface area contributed by atoms with E-state index in [1.807, 2.05) is 0 Å². The van der Waals surface area contributed by atoms with Gasteiger partial charge in [0.05, 0.1) is 16.1 Å². The second-order valence-electron chi connectivity index (χ2n) is 33.7. The molecule has 1 unspecified atom stereocenters. The molecule has 0 radical (unpaired) electrons. The van der Waals surface area contributed by atoms with Crippen LogP contribution in [0, 0.1) is 0 Å². The van der Waals surface area contributed by atoms with E-state index in [0.717, 1.165) is 0 Å². The molecule has 0 aliphatic heterocycles. The Hall–Kier alpha value is 0.868. The van der Waals surface area contributed by atoms with Crippen LogP contribution in [0.3, 0.4) is 0 Å². The zero-order chi connectivity index (χ0) is 68.7. The first-order valence-corrected chi connectivity index (χ1v) is 57.9. The molecule has 0 amide bonds. The van der Waals surface area contributed by atoms with Crippen molar-refractivity contribution in [2.45, 2.75) is 578 Å². The number of rotatable bonds is 82. The quantitative estimate of drug-likeness (QED) is 0.0421. The van der Waals surface area contributed by atoms with Gasteiger partial charge in [0, 0.05) is 15.2 Å². The maximum Gasteiger partial charge on any atom is 0.0540 e. The van der Waals surface area contributed by atoms with Crippen molar-refractivity contribution in [3.63, 3.8) is 0 Å². The summed E-state index contributed by atoms with van der Waals surface area (Å²) in [5.74, 6) is 0. The van der Waals surface area contributed by atoms with Gasteiger partial charge in [0.2, 0.25) is 0 Å². The van der Waals surface area contributed by atoms with E-state index in [9.17, 15) is 0 Å². The first-order valence-electron chi connectivity index (χ1n) is 46.3. The molecule has 4 heteroatoms. The highest BCUT2D eigenvalue weighted by molar-refractivity contribution is 7.42. The minimum Gasteiger partial charge on any atom is -0.0654 e. The van der Waals surface area contributed by atoms with Crippen LogP contribution >= 0.6 is 0 Å². The number of hydrogen-bond donors (Lipinski definition) is 0. The van der Waals surface area contributed by atoms with Gasteiger partial charge >= 0.3 is 0 Å². The van der Waals surface area contributed by atoms with Crippen LogP contribution in [0.15, 0.2) is 0 Å². The van der Waals surface area contributed by atoms with E-state index in [4.69, 9.17) is 0 Å². The molecule has 0 aromatic rings. The van der Waals surface area contributed by atoms with Gasteiger partial charge in [-0.25, -0.2) is 0 Å². The average molecular weight is 1380 g/mol. The Balaban J connectivity index is 7.88. The molecule has 94 heavy (non-hydrogen) atoms. The molecule has 0 bridgehead atoms. The Morgan fingerprint density at radius 3 is 0.404 bits per heavy atom. The van der Waals surface area contributed by atoms with E-state index < -0.39 is 31.3 Å². The van der Waals surface area contributed by atoms with E-state index >= 15 is 0 Å². The third-order valence-electron chi connectivity index (χ3n) is 25.5. The van der Waals surface area contributed by atoms with Crippen molar-refractivity contribution >= 4 is 31.3 Å². The highest BCUT2D eigenvalue weighted by Gasteiger charge is 2.52. The third-order valence-corrected chi connectivity index (χ3v) is 62.1. The van der Waals surface area contributed by atoms with Gasteiger partial charge in [-0.3, -0.25) is 0 Å². The minimum absolute atomic E-state index is 1.21. The fraction of sp³-hybridized carbons (Fsp3) is 1.00. The van der Waals surface area contributed by atoms with Crippen LogP contribution in [-0.4, -0.2) is 31.3 Å². The van der Waals surface area contributed by atoms with E-state index in [1.54, 1.807) is 239 Å². The zero-order valence-electron chi connectivity index (χ0n) is 68.7. The van der Waals surface area contributed by atoms with E-state index in [-0.39, 0.29) is 0 Å². The lowest BCUT2D eigenvalue weighted by molar-refractivity contribution is 0.575. The van der Waals surface area contributed by atoms with Crippen LogP contribution in [0.2, 0.25) is 77.7 Å². The van der Waals surface area contributed by atoms with Crippen molar-refractivity contribution in [2.24, 2.45) is 0 Å². The van der Waals surface area contributed by atoms with Gasteiger partial charge in [-0.2, -0.15) is 0 Å². The monoisotopic (exact) mass is 1380 g/mol. The van der Waals surface area contributed by atoms with Gasteiger partial charge in [0.15, 0.2) is 0 Å². The van der Waals surface area contributed by atoms with Crippen molar-refractivity contribution in [1.29, 1.82) is 0 Å². The second kappa shape index (κ2) is 72.2. The van der Waals surface area contributed by atoms with Crippen molar-refractivity contribution in [1.82, 2.24) is 0 Å². The smallest absolute Gasteiger partial charge is 0.0540 e. The summed E-state index contributed by atoms with van der Waals surface area (Å²) in [6.07, 6.45) is 100. The van der Waals surface area contributed by atoms with Gasteiger partial charge in [0.25, 0.3) is 0 Å². The van der Waals surface area contributed by atoms with E-state index in [1.165, 1.54) is 262 Å². The lowest BCUT2D eigenvalue weighted by Crippen LogP contribution is -2.62. The SMILES string of the molecule is CCCCCCCCC[Si](CCCCCCCCC)(CCCCCCCCC([Si](CCCCCC)(CCCCCC)CCCCCC)[Si](CCCCCCC)(CCCCCCC)CCCCCCC)[Si](CCCCCCCC)(CCCCCCCC)CCCCCCCC. The fourth-order valence-electron chi connectivity index (χ4n) is 19.4. The predicted octanol–water partition coefficient (Wildman–Crippen LogP) is 35.7. The molecule has 0 aliphatic rings. The molecule has 0 aliphatic carbocycles. The molecule has 0 N–H and O–H groups in total. The summed E-state index contributed by atoms with van der Waals surface area (Å²) < 4.78 is 0. The fourth-order valence-corrected chi connectivity index (χ4v) is 61.2. The lowest BCUT2D eigenvalue weighted by atomic mass is 10.1. The van der Waals surface area contributed by atoms with Crippen molar-refractivity contribution < 1.29 is 0 Å². The van der Waals surface area contributed by atoms with Crippen LogP contribution in [0.5, 0.6) is 0 Å². The molecular formula is C90H190Si4. The average Bonchev–Trinajstić information content (AvgIpc) is 0.784. The molecule has 0 saturated heterocycles. The van der Waals surface area contributed by atoms with Crippen molar-refractivity contribution in [3.8, 4) is 0 Å². The predicted molar refractivity (Wildman–Crippen MR) is 452 cm³/mol. The molecule has 1 atom stereocenters. The maximum absolute atomic E-state index is 2.49. The van der Waals surface area contributed by atoms with Gasteiger partial charge in [-0.1, -0.05) is 572 Å². The van der Waals surface area contributed by atoms with Crippen LogP contribution in [-0.2, 0) is 0 Å². The molecule has 0 saturated carbocycles.